The first-order valence-electron chi connectivity index (χ1n) is 25.0. The molecule has 9 heteroatoms. The Hall–Kier alpha value is -4.05. The molecular formula is C56H91NO8. The van der Waals surface area contributed by atoms with Crippen LogP contribution in [0.2, 0.25) is 0 Å². The lowest BCUT2D eigenvalue weighted by Crippen LogP contribution is -2.44. The molecular weight excluding hydrogens is 815 g/mol. The number of carboxylic acid groups (broad SMARTS) is 1. The quantitative estimate of drug-likeness (QED) is 0.0195. The molecule has 0 spiro atoms. The second kappa shape index (κ2) is 46.5. The number of carbonyl (C=O) groups excluding carboxylic acids is 3. The number of hydrogen-bond acceptors (Lipinski definition) is 8. The van der Waals surface area contributed by atoms with E-state index in [0.717, 1.165) is 103 Å². The molecule has 0 aromatic rings. The third-order valence-electron chi connectivity index (χ3n) is 10.0. The summed E-state index contributed by atoms with van der Waals surface area (Å²) in [4.78, 5) is 37.1. The van der Waals surface area contributed by atoms with E-state index >= 15 is 0 Å². The third-order valence-corrected chi connectivity index (χ3v) is 10.0. The van der Waals surface area contributed by atoms with Gasteiger partial charge in [0.15, 0.2) is 12.4 Å². The number of esters is 2. The maximum Gasteiger partial charge on any atom is 0.306 e. The first-order valence-corrected chi connectivity index (χ1v) is 25.0. The molecule has 0 amide bonds. The van der Waals surface area contributed by atoms with E-state index in [9.17, 15) is 19.5 Å². The van der Waals surface area contributed by atoms with E-state index in [0.29, 0.717) is 23.9 Å². The zero-order chi connectivity index (χ0) is 47.7. The molecule has 0 fully saturated rings. The minimum atomic E-state index is -1.64. The number of carboxylic acids is 1. The molecule has 0 saturated heterocycles. The van der Waals surface area contributed by atoms with Crippen molar-refractivity contribution < 1.29 is 42.9 Å². The van der Waals surface area contributed by atoms with E-state index in [4.69, 9.17) is 18.9 Å². The summed E-state index contributed by atoms with van der Waals surface area (Å²) in [6.45, 7) is 4.52. The van der Waals surface area contributed by atoms with E-state index in [1.54, 1.807) is 0 Å². The average Bonchev–Trinajstić information content (AvgIpc) is 3.27. The standard InChI is InChI=1S/C56H91NO8/c1-6-8-10-12-14-16-18-20-22-23-24-25-26-27-28-29-30-31-33-35-37-39-41-43-45-47-54(59)65-52(51-64-56(55(60)61)62-49-48-57(3,4)5)50-63-53(58)46-44-42-40-38-36-34-32-21-19-17-15-13-11-9-7-2/h8,10,14-17,20-22,24-25,27-28,30-32,35,37,52,56H,6-7,9,11-13,18-19,23,26,29,33-34,36,38-51H2,1-5H3/b10-8-,16-14-,17-15-,22-20-,25-24-,28-27-,31-30-,32-21-,37-35-. The summed E-state index contributed by atoms with van der Waals surface area (Å²) in [5.41, 5.74) is 0. The van der Waals surface area contributed by atoms with E-state index in [-0.39, 0.29) is 38.6 Å². The van der Waals surface area contributed by atoms with Gasteiger partial charge in [-0.15, -0.1) is 0 Å². The summed E-state index contributed by atoms with van der Waals surface area (Å²) in [5, 5.41) is 11.7. The van der Waals surface area contributed by atoms with Crippen molar-refractivity contribution in [2.45, 2.75) is 180 Å². The van der Waals surface area contributed by atoms with Crippen LogP contribution in [0.1, 0.15) is 168 Å². The largest absolute Gasteiger partial charge is 0.545 e. The van der Waals surface area contributed by atoms with Crippen LogP contribution in [0.5, 0.6) is 0 Å². The summed E-state index contributed by atoms with van der Waals surface area (Å²) < 4.78 is 22.5. The first kappa shape index (κ1) is 60.9. The van der Waals surface area contributed by atoms with Crippen LogP contribution >= 0.6 is 0 Å². The first-order chi connectivity index (χ1) is 31.6. The average molecular weight is 906 g/mol. The molecule has 0 bridgehead atoms. The lowest BCUT2D eigenvalue weighted by molar-refractivity contribution is -0.870. The Morgan fingerprint density at radius 3 is 1.32 bits per heavy atom. The number of rotatable bonds is 44. The summed E-state index contributed by atoms with van der Waals surface area (Å²) in [6.07, 6.45) is 59.8. The van der Waals surface area contributed by atoms with E-state index in [2.05, 4.69) is 123 Å². The van der Waals surface area contributed by atoms with Gasteiger partial charge >= 0.3 is 11.9 Å². The van der Waals surface area contributed by atoms with Crippen LogP contribution in [0, 0.1) is 0 Å². The number of unbranched alkanes of at least 4 members (excludes halogenated alkanes) is 11. The highest BCUT2D eigenvalue weighted by atomic mass is 16.7. The Morgan fingerprint density at radius 1 is 0.477 bits per heavy atom. The highest BCUT2D eigenvalue weighted by Gasteiger charge is 2.21. The minimum absolute atomic E-state index is 0.132. The van der Waals surface area contributed by atoms with Crippen molar-refractivity contribution in [1.29, 1.82) is 0 Å². The highest BCUT2D eigenvalue weighted by molar-refractivity contribution is 5.70. The summed E-state index contributed by atoms with van der Waals surface area (Å²) in [5.74, 6) is -2.37. The molecule has 65 heavy (non-hydrogen) atoms. The molecule has 0 aromatic heterocycles. The Morgan fingerprint density at radius 2 is 0.877 bits per heavy atom. The predicted octanol–water partition coefficient (Wildman–Crippen LogP) is 12.7. The van der Waals surface area contributed by atoms with Crippen molar-refractivity contribution in [1.82, 2.24) is 0 Å². The number of quaternary nitrogens is 1. The fourth-order valence-electron chi connectivity index (χ4n) is 6.13. The van der Waals surface area contributed by atoms with Crippen LogP contribution in [0.25, 0.3) is 0 Å². The van der Waals surface area contributed by atoms with Crippen molar-refractivity contribution in [3.8, 4) is 0 Å². The van der Waals surface area contributed by atoms with E-state index in [1.807, 2.05) is 21.1 Å². The van der Waals surface area contributed by atoms with Crippen molar-refractivity contribution in [2.75, 3.05) is 47.5 Å². The van der Waals surface area contributed by atoms with Crippen molar-refractivity contribution in [3.05, 3.63) is 109 Å². The number of likely N-dealkylation sites (N-methyl/N-ethyl adjacent to an activating group) is 1. The summed E-state index contributed by atoms with van der Waals surface area (Å²) in [6, 6.07) is 0. The number of carbonyl (C=O) groups is 3. The molecule has 2 unspecified atom stereocenters. The van der Waals surface area contributed by atoms with Gasteiger partial charge in [-0.05, 0) is 103 Å². The van der Waals surface area contributed by atoms with Gasteiger partial charge < -0.3 is 33.3 Å². The van der Waals surface area contributed by atoms with Crippen molar-refractivity contribution in [2.24, 2.45) is 0 Å². The molecule has 0 aromatic carbocycles. The topological polar surface area (TPSA) is 111 Å². The van der Waals surface area contributed by atoms with Gasteiger partial charge in [-0.25, -0.2) is 0 Å². The van der Waals surface area contributed by atoms with Crippen LogP contribution in [-0.4, -0.2) is 82.3 Å². The van der Waals surface area contributed by atoms with E-state index in [1.165, 1.54) is 25.7 Å². The predicted molar refractivity (Wildman–Crippen MR) is 269 cm³/mol. The lowest BCUT2D eigenvalue weighted by atomic mass is 10.1. The van der Waals surface area contributed by atoms with Crippen LogP contribution in [-0.2, 0) is 33.3 Å². The van der Waals surface area contributed by atoms with Crippen molar-refractivity contribution in [3.63, 3.8) is 0 Å². The normalized spacial score (nSPS) is 13.8. The van der Waals surface area contributed by atoms with Crippen LogP contribution in [0.3, 0.4) is 0 Å². The Balaban J connectivity index is 4.48. The summed E-state index contributed by atoms with van der Waals surface area (Å²) in [7, 11) is 5.88. The van der Waals surface area contributed by atoms with Gasteiger partial charge in [0.2, 0.25) is 0 Å². The van der Waals surface area contributed by atoms with Gasteiger partial charge in [-0.2, -0.15) is 0 Å². The lowest BCUT2D eigenvalue weighted by Gasteiger charge is -2.26. The maximum absolute atomic E-state index is 12.8. The molecule has 0 heterocycles. The van der Waals surface area contributed by atoms with Crippen molar-refractivity contribution >= 4 is 17.9 Å². The second-order valence-electron chi connectivity index (χ2n) is 17.4. The number of allylic oxidation sites excluding steroid dienone is 18. The second-order valence-corrected chi connectivity index (χ2v) is 17.4. The molecule has 0 aliphatic carbocycles. The number of aliphatic carboxylic acids is 1. The van der Waals surface area contributed by atoms with Gasteiger partial charge in [-0.1, -0.05) is 162 Å². The molecule has 0 rings (SSSR count). The Labute approximate surface area is 396 Å². The zero-order valence-electron chi connectivity index (χ0n) is 41.6. The monoisotopic (exact) mass is 906 g/mol. The number of ether oxygens (including phenoxy) is 4. The smallest absolute Gasteiger partial charge is 0.306 e. The SMILES string of the molecule is CC/C=C\C/C=C\C/C=C\C/C=C\C/C=C\C/C=C\C/C=C\CCCCCC(=O)OC(COC(=O)CCCCCCC/C=C\C/C=C\CCCCC)COC(OCC[N+](C)(C)C)C(=O)[O-]. The fraction of sp³-hybridized carbons (Fsp3) is 0.625. The third kappa shape index (κ3) is 47.7. The number of nitrogens with zero attached hydrogens (tertiary/aromatic N) is 1. The van der Waals surface area contributed by atoms with Crippen LogP contribution in [0.15, 0.2) is 109 Å². The van der Waals surface area contributed by atoms with Gasteiger partial charge in [0.05, 0.1) is 40.3 Å². The van der Waals surface area contributed by atoms with Gasteiger partial charge in [-0.3, -0.25) is 9.59 Å². The van der Waals surface area contributed by atoms with Gasteiger partial charge in [0.1, 0.15) is 13.2 Å². The van der Waals surface area contributed by atoms with Crippen LogP contribution < -0.4 is 5.11 Å². The Bertz CT molecular complexity index is 1430. The van der Waals surface area contributed by atoms with E-state index < -0.39 is 24.3 Å². The molecule has 0 aliphatic rings. The summed E-state index contributed by atoms with van der Waals surface area (Å²) >= 11 is 0. The number of hydrogen-bond donors (Lipinski definition) is 0. The maximum atomic E-state index is 12.8. The highest BCUT2D eigenvalue weighted by Crippen LogP contribution is 2.12. The molecule has 2 atom stereocenters. The molecule has 368 valence electrons. The van der Waals surface area contributed by atoms with Gasteiger partial charge in [0.25, 0.3) is 0 Å². The minimum Gasteiger partial charge on any atom is -0.545 e. The zero-order valence-corrected chi connectivity index (χ0v) is 41.6. The molecule has 0 N–H and O–H groups in total. The molecule has 0 aliphatic heterocycles. The van der Waals surface area contributed by atoms with Crippen LogP contribution in [0.4, 0.5) is 0 Å². The molecule has 0 saturated carbocycles. The van der Waals surface area contributed by atoms with Gasteiger partial charge in [0, 0.05) is 12.8 Å². The fourth-order valence-corrected chi connectivity index (χ4v) is 6.13. The Kier molecular flexibility index (Phi) is 43.6. The molecule has 9 nitrogen and oxygen atoms in total. The molecule has 0 radical (unpaired) electrons.